The summed E-state index contributed by atoms with van der Waals surface area (Å²) in [7, 11) is 1.72. The molecule has 1 aromatic carbocycles. The van der Waals surface area contributed by atoms with Gasteiger partial charge in [-0.25, -0.2) is 0 Å². The second kappa shape index (κ2) is 4.03. The van der Waals surface area contributed by atoms with Gasteiger partial charge in [-0.3, -0.25) is 0 Å². The van der Waals surface area contributed by atoms with Crippen LogP contribution in [0.2, 0.25) is 0 Å². The maximum absolute atomic E-state index is 5.27. The van der Waals surface area contributed by atoms with Crippen molar-refractivity contribution >= 4 is 11.8 Å². The Labute approximate surface area is 82.7 Å². The van der Waals surface area contributed by atoms with Crippen molar-refractivity contribution < 1.29 is 4.74 Å². The molecule has 0 bridgehead atoms. The van der Waals surface area contributed by atoms with Crippen LogP contribution in [0.5, 0.6) is 5.75 Å². The molecule has 3 heteroatoms. The Morgan fingerprint density at radius 3 is 2.77 bits per heavy atom. The van der Waals surface area contributed by atoms with E-state index in [0.717, 1.165) is 24.1 Å². The van der Waals surface area contributed by atoms with Crippen molar-refractivity contribution in [3.63, 3.8) is 0 Å². The van der Waals surface area contributed by atoms with Crippen LogP contribution in [0.4, 0.5) is 0 Å². The van der Waals surface area contributed by atoms with E-state index in [-0.39, 0.29) is 0 Å². The molecule has 1 aromatic rings. The lowest BCUT2D eigenvalue weighted by Gasteiger charge is -2.26. The topological polar surface area (TPSA) is 21.3 Å². The van der Waals surface area contributed by atoms with E-state index in [4.69, 9.17) is 4.74 Å². The van der Waals surface area contributed by atoms with Crippen molar-refractivity contribution in [2.45, 2.75) is 10.1 Å². The average molecular weight is 195 g/mol. The maximum atomic E-state index is 5.27. The van der Waals surface area contributed by atoms with Crippen LogP contribution in [0.15, 0.2) is 29.2 Å². The number of hydrogen-bond acceptors (Lipinski definition) is 3. The van der Waals surface area contributed by atoms with Gasteiger partial charge < -0.3 is 10.1 Å². The molecule has 1 N–H and O–H groups in total. The first-order chi connectivity index (χ1) is 6.40. The molecule has 0 aliphatic carbocycles. The monoisotopic (exact) mass is 195 g/mol. The zero-order valence-electron chi connectivity index (χ0n) is 7.62. The van der Waals surface area contributed by atoms with Gasteiger partial charge >= 0.3 is 0 Å². The van der Waals surface area contributed by atoms with Crippen LogP contribution >= 0.6 is 11.8 Å². The normalized spacial score (nSPS) is 16.7. The molecule has 1 heterocycles. The number of rotatable bonds is 3. The first kappa shape index (κ1) is 8.91. The van der Waals surface area contributed by atoms with Crippen LogP contribution in [-0.2, 0) is 0 Å². The summed E-state index contributed by atoms with van der Waals surface area (Å²) in [6, 6.07) is 8.18. The summed E-state index contributed by atoms with van der Waals surface area (Å²) in [5, 5.41) is 3.98. The molecule has 2 nitrogen and oxygen atoms in total. The molecule has 1 aliphatic heterocycles. The van der Waals surface area contributed by atoms with Crippen LogP contribution in [0.3, 0.4) is 0 Å². The Bertz CT molecular complexity index is 286. The summed E-state index contributed by atoms with van der Waals surface area (Å²) in [5.41, 5.74) is 0. The van der Waals surface area contributed by atoms with Gasteiger partial charge in [-0.2, -0.15) is 0 Å². The summed E-state index contributed by atoms with van der Waals surface area (Å²) in [6.07, 6.45) is 0. The van der Waals surface area contributed by atoms with Gasteiger partial charge in [-0.15, -0.1) is 11.8 Å². The Kier molecular flexibility index (Phi) is 2.76. The smallest absolute Gasteiger partial charge is 0.132 e. The molecule has 0 radical (unpaired) electrons. The fraction of sp³-hybridized carbons (Fsp3) is 0.400. The van der Waals surface area contributed by atoms with Gasteiger partial charge in [0, 0.05) is 23.2 Å². The van der Waals surface area contributed by atoms with E-state index in [2.05, 4.69) is 17.4 Å². The SMILES string of the molecule is COc1ccccc1SC1CNC1. The van der Waals surface area contributed by atoms with E-state index in [0.29, 0.717) is 0 Å². The molecule has 0 unspecified atom stereocenters. The van der Waals surface area contributed by atoms with Crippen molar-refractivity contribution in [2.24, 2.45) is 0 Å². The van der Waals surface area contributed by atoms with Gasteiger partial charge in [0.05, 0.1) is 7.11 Å². The number of nitrogens with one attached hydrogen (secondary N) is 1. The zero-order valence-corrected chi connectivity index (χ0v) is 8.43. The van der Waals surface area contributed by atoms with Crippen molar-refractivity contribution in [1.82, 2.24) is 5.32 Å². The molecule has 2 rings (SSSR count). The second-order valence-electron chi connectivity index (χ2n) is 3.05. The van der Waals surface area contributed by atoms with Crippen LogP contribution < -0.4 is 10.1 Å². The van der Waals surface area contributed by atoms with Crippen LogP contribution in [0.25, 0.3) is 0 Å². The van der Waals surface area contributed by atoms with Crippen LogP contribution in [0, 0.1) is 0 Å². The van der Waals surface area contributed by atoms with E-state index >= 15 is 0 Å². The molecular weight excluding hydrogens is 182 g/mol. The summed E-state index contributed by atoms with van der Waals surface area (Å²) >= 11 is 1.89. The van der Waals surface area contributed by atoms with E-state index in [1.807, 2.05) is 23.9 Å². The first-order valence-corrected chi connectivity index (χ1v) is 5.28. The number of thioether (sulfide) groups is 1. The van der Waals surface area contributed by atoms with Gasteiger partial charge in [-0.1, -0.05) is 12.1 Å². The van der Waals surface area contributed by atoms with Gasteiger partial charge in [0.2, 0.25) is 0 Å². The van der Waals surface area contributed by atoms with Crippen molar-refractivity contribution in [1.29, 1.82) is 0 Å². The quantitative estimate of drug-likeness (QED) is 0.794. The largest absolute Gasteiger partial charge is 0.496 e. The number of para-hydroxylation sites is 1. The van der Waals surface area contributed by atoms with Crippen molar-refractivity contribution in [3.8, 4) is 5.75 Å². The van der Waals surface area contributed by atoms with Crippen LogP contribution in [0.1, 0.15) is 0 Å². The summed E-state index contributed by atoms with van der Waals surface area (Å²) in [6.45, 7) is 2.23. The Morgan fingerprint density at radius 2 is 2.15 bits per heavy atom. The lowest BCUT2D eigenvalue weighted by atomic mass is 10.3. The molecule has 0 spiro atoms. The molecule has 0 amide bonds. The minimum atomic E-state index is 0.719. The van der Waals surface area contributed by atoms with E-state index < -0.39 is 0 Å². The lowest BCUT2D eigenvalue weighted by molar-refractivity contribution is 0.404. The molecule has 0 saturated carbocycles. The number of benzene rings is 1. The van der Waals surface area contributed by atoms with Crippen molar-refractivity contribution in [3.05, 3.63) is 24.3 Å². The molecule has 1 fully saturated rings. The molecule has 13 heavy (non-hydrogen) atoms. The molecule has 0 aromatic heterocycles. The van der Waals surface area contributed by atoms with Crippen LogP contribution in [-0.4, -0.2) is 25.4 Å². The third-order valence-electron chi connectivity index (χ3n) is 2.11. The zero-order chi connectivity index (χ0) is 9.10. The molecular formula is C10H13NOS. The lowest BCUT2D eigenvalue weighted by Crippen LogP contribution is -2.44. The summed E-state index contributed by atoms with van der Waals surface area (Å²) in [4.78, 5) is 1.25. The highest BCUT2D eigenvalue weighted by molar-refractivity contribution is 8.00. The Balaban J connectivity index is 2.08. The first-order valence-electron chi connectivity index (χ1n) is 4.40. The minimum Gasteiger partial charge on any atom is -0.496 e. The molecule has 1 saturated heterocycles. The predicted molar refractivity (Wildman–Crippen MR) is 55.5 cm³/mol. The van der Waals surface area contributed by atoms with Crippen molar-refractivity contribution in [2.75, 3.05) is 20.2 Å². The fourth-order valence-corrected chi connectivity index (χ4v) is 2.43. The predicted octanol–water partition coefficient (Wildman–Crippen LogP) is 1.76. The summed E-state index contributed by atoms with van der Waals surface area (Å²) < 4.78 is 5.27. The molecule has 0 atom stereocenters. The van der Waals surface area contributed by atoms with E-state index in [1.165, 1.54) is 4.90 Å². The standard InChI is InChI=1S/C10H13NOS/c1-12-9-4-2-3-5-10(9)13-8-6-11-7-8/h2-5,8,11H,6-7H2,1H3. The maximum Gasteiger partial charge on any atom is 0.132 e. The van der Waals surface area contributed by atoms with E-state index in [1.54, 1.807) is 7.11 Å². The highest BCUT2D eigenvalue weighted by Gasteiger charge is 2.19. The van der Waals surface area contributed by atoms with Gasteiger partial charge in [-0.05, 0) is 12.1 Å². The second-order valence-corrected chi connectivity index (χ2v) is 4.39. The number of methoxy groups -OCH3 is 1. The molecule has 70 valence electrons. The van der Waals surface area contributed by atoms with E-state index in [9.17, 15) is 0 Å². The average Bonchev–Trinajstić information content (AvgIpc) is 2.12. The fourth-order valence-electron chi connectivity index (χ4n) is 1.24. The van der Waals surface area contributed by atoms with Gasteiger partial charge in [0.15, 0.2) is 0 Å². The Morgan fingerprint density at radius 1 is 1.38 bits per heavy atom. The molecule has 1 aliphatic rings. The number of ether oxygens (including phenoxy) is 1. The summed E-state index contributed by atoms with van der Waals surface area (Å²) in [5.74, 6) is 0.986. The number of hydrogen-bond donors (Lipinski definition) is 1. The van der Waals surface area contributed by atoms with Gasteiger partial charge in [0.1, 0.15) is 5.75 Å². The highest BCUT2D eigenvalue weighted by atomic mass is 32.2. The highest BCUT2D eigenvalue weighted by Crippen LogP contribution is 2.32. The third-order valence-corrected chi connectivity index (χ3v) is 3.36. The minimum absolute atomic E-state index is 0.719. The van der Waals surface area contributed by atoms with Gasteiger partial charge in [0.25, 0.3) is 0 Å². The Hall–Kier alpha value is -0.670. The third kappa shape index (κ3) is 1.98.